The van der Waals surface area contributed by atoms with Gasteiger partial charge in [-0.15, -0.1) is 0 Å². The second kappa shape index (κ2) is 2.98. The van der Waals surface area contributed by atoms with Crippen LogP contribution >= 0.6 is 11.3 Å². The lowest BCUT2D eigenvalue weighted by molar-refractivity contribution is -0.143. The average molecular weight is 200 g/mol. The van der Waals surface area contributed by atoms with Crippen molar-refractivity contribution in [3.63, 3.8) is 0 Å². The number of alkyl halides is 3. The first-order valence-corrected chi connectivity index (χ1v) is 3.69. The molecule has 0 bridgehead atoms. The smallest absolute Gasteiger partial charge is 0.325 e. The van der Waals surface area contributed by atoms with E-state index in [9.17, 15) is 17.6 Å². The van der Waals surface area contributed by atoms with E-state index in [2.05, 4.69) is 4.98 Å². The Morgan fingerprint density at radius 1 is 1.42 bits per heavy atom. The van der Waals surface area contributed by atoms with Gasteiger partial charge in [-0.25, -0.2) is 4.98 Å². The molecule has 0 atom stereocenters. The van der Waals surface area contributed by atoms with E-state index in [0.29, 0.717) is 11.3 Å². The summed E-state index contributed by atoms with van der Waals surface area (Å²) < 4.78 is 48.1. The Kier molecular flexibility index (Phi) is 2.34. The number of hydrogen-bond donors (Lipinski definition) is 1. The van der Waals surface area contributed by atoms with E-state index in [1.807, 2.05) is 0 Å². The number of nitrogens with two attached hydrogens (primary N) is 1. The zero-order valence-electron chi connectivity index (χ0n) is 5.65. The maximum atomic E-state index is 12.5. The van der Waals surface area contributed by atoms with E-state index >= 15 is 0 Å². The largest absolute Gasteiger partial charge is 0.437 e. The molecule has 0 aromatic carbocycles. The quantitative estimate of drug-likeness (QED) is 0.701. The van der Waals surface area contributed by atoms with Crippen molar-refractivity contribution in [3.05, 3.63) is 15.8 Å². The van der Waals surface area contributed by atoms with Gasteiger partial charge in [0.05, 0.1) is 0 Å². The Balaban J connectivity index is 3.08. The molecule has 2 N–H and O–H groups in total. The van der Waals surface area contributed by atoms with Gasteiger partial charge < -0.3 is 5.73 Å². The van der Waals surface area contributed by atoms with Gasteiger partial charge in [0, 0.05) is 6.54 Å². The third-order valence-electron chi connectivity index (χ3n) is 1.07. The molecule has 0 aliphatic carbocycles. The van der Waals surface area contributed by atoms with Gasteiger partial charge >= 0.3 is 6.18 Å². The molecule has 1 heterocycles. The maximum Gasteiger partial charge on any atom is 0.437 e. The fourth-order valence-electron chi connectivity index (χ4n) is 0.605. The predicted octanol–water partition coefficient (Wildman–Crippen LogP) is 1.76. The summed E-state index contributed by atoms with van der Waals surface area (Å²) in [6, 6.07) is 0. The van der Waals surface area contributed by atoms with Gasteiger partial charge in [0.2, 0.25) is 5.13 Å². The normalized spacial score (nSPS) is 12.1. The molecule has 0 saturated carbocycles. The number of thiazole rings is 1. The highest BCUT2D eigenvalue weighted by atomic mass is 32.1. The molecule has 1 rings (SSSR count). The van der Waals surface area contributed by atoms with E-state index < -0.39 is 17.0 Å². The van der Waals surface area contributed by atoms with Crippen LogP contribution in [0, 0.1) is 5.13 Å². The minimum absolute atomic E-state index is 0.0557. The van der Waals surface area contributed by atoms with E-state index in [0.717, 1.165) is 0 Å². The van der Waals surface area contributed by atoms with Crippen molar-refractivity contribution in [1.82, 2.24) is 4.98 Å². The van der Waals surface area contributed by atoms with Gasteiger partial charge in [0.15, 0.2) is 5.69 Å². The first-order chi connectivity index (χ1) is 5.45. The molecule has 2 nitrogen and oxygen atoms in total. The van der Waals surface area contributed by atoms with E-state index in [1.165, 1.54) is 0 Å². The molecule has 0 fully saturated rings. The van der Waals surface area contributed by atoms with Crippen LogP contribution in [0.5, 0.6) is 0 Å². The van der Waals surface area contributed by atoms with Gasteiger partial charge in [-0.2, -0.15) is 17.6 Å². The molecule has 1 aromatic heterocycles. The first-order valence-electron chi connectivity index (χ1n) is 2.87. The monoisotopic (exact) mass is 200 g/mol. The molecule has 0 radical (unpaired) electrons. The van der Waals surface area contributed by atoms with Crippen molar-refractivity contribution in [2.24, 2.45) is 5.73 Å². The van der Waals surface area contributed by atoms with Crippen LogP contribution in [0.3, 0.4) is 0 Å². The molecule has 0 aliphatic heterocycles. The summed E-state index contributed by atoms with van der Waals surface area (Å²) in [7, 11) is 0. The maximum absolute atomic E-state index is 12.5. The highest BCUT2D eigenvalue weighted by molar-refractivity contribution is 7.10. The van der Waals surface area contributed by atoms with Crippen molar-refractivity contribution < 1.29 is 17.6 Å². The Morgan fingerprint density at radius 2 is 2.00 bits per heavy atom. The van der Waals surface area contributed by atoms with Gasteiger partial charge in [-0.1, -0.05) is 11.3 Å². The van der Waals surface area contributed by atoms with Crippen molar-refractivity contribution >= 4 is 11.3 Å². The van der Waals surface area contributed by atoms with Crippen LogP contribution in [0.4, 0.5) is 17.6 Å². The third-order valence-corrected chi connectivity index (χ3v) is 1.94. The van der Waals surface area contributed by atoms with Gasteiger partial charge in [-0.3, -0.25) is 0 Å². The average Bonchev–Trinajstić information content (AvgIpc) is 2.29. The molecule has 7 heteroatoms. The second-order valence-corrected chi connectivity index (χ2v) is 2.97. The van der Waals surface area contributed by atoms with Crippen molar-refractivity contribution in [1.29, 1.82) is 0 Å². The van der Waals surface area contributed by atoms with E-state index in [1.54, 1.807) is 0 Å². The lowest BCUT2D eigenvalue weighted by atomic mass is 10.5. The molecule has 0 amide bonds. The number of hydrogen-bond acceptors (Lipinski definition) is 3. The minimum atomic E-state index is -4.73. The highest BCUT2D eigenvalue weighted by Gasteiger charge is 2.37. The fourth-order valence-corrected chi connectivity index (χ4v) is 1.29. The molecule has 0 unspecified atom stereocenters. The van der Waals surface area contributed by atoms with E-state index in [-0.39, 0.29) is 11.6 Å². The van der Waals surface area contributed by atoms with Crippen LogP contribution in [0.15, 0.2) is 0 Å². The SMILES string of the molecule is NCc1nc(C(F)(F)F)c(F)s1. The van der Waals surface area contributed by atoms with E-state index in [4.69, 9.17) is 5.73 Å². The standard InChI is InChI=1S/C5H4F4N2S/c6-4-3(5(7,8)9)11-2(1-10)12-4/h1,10H2. The summed E-state index contributed by atoms with van der Waals surface area (Å²) in [4.78, 5) is 2.99. The Labute approximate surface area is 69.0 Å². The lowest BCUT2D eigenvalue weighted by Gasteiger charge is -2.00. The third kappa shape index (κ3) is 1.72. The fraction of sp³-hybridized carbons (Fsp3) is 0.400. The van der Waals surface area contributed by atoms with Crippen molar-refractivity contribution in [2.45, 2.75) is 12.7 Å². The lowest BCUT2D eigenvalue weighted by Crippen LogP contribution is -2.08. The summed E-state index contributed by atoms with van der Waals surface area (Å²) in [5.74, 6) is 0. The van der Waals surface area contributed by atoms with Gasteiger partial charge in [0.1, 0.15) is 5.01 Å². The topological polar surface area (TPSA) is 38.9 Å². The minimum Gasteiger partial charge on any atom is -0.325 e. The molecule has 1 aromatic rings. The summed E-state index contributed by atoms with van der Waals surface area (Å²) >= 11 is 0.318. The van der Waals surface area contributed by atoms with Crippen LogP contribution in [-0.2, 0) is 12.7 Å². The molecule has 0 saturated heterocycles. The number of halogens is 4. The first kappa shape index (κ1) is 9.40. The summed E-state index contributed by atoms with van der Waals surface area (Å²) in [5.41, 5.74) is 3.51. The number of aromatic nitrogens is 1. The second-order valence-electron chi connectivity index (χ2n) is 1.93. The zero-order valence-corrected chi connectivity index (χ0v) is 6.47. The van der Waals surface area contributed by atoms with Crippen LogP contribution in [-0.4, -0.2) is 4.98 Å². The summed E-state index contributed by atoms with van der Waals surface area (Å²) in [5, 5.41) is -1.39. The van der Waals surface area contributed by atoms with Gasteiger partial charge in [-0.05, 0) is 0 Å². The molecular formula is C5H4F4N2S. The predicted molar refractivity (Wildman–Crippen MR) is 35.0 cm³/mol. The van der Waals surface area contributed by atoms with Crippen molar-refractivity contribution in [2.75, 3.05) is 0 Å². The molecule has 0 spiro atoms. The Hall–Kier alpha value is -0.690. The molecule has 68 valence electrons. The van der Waals surface area contributed by atoms with Crippen LogP contribution in [0.1, 0.15) is 10.7 Å². The van der Waals surface area contributed by atoms with Crippen LogP contribution < -0.4 is 5.73 Å². The molecular weight excluding hydrogens is 196 g/mol. The highest BCUT2D eigenvalue weighted by Crippen LogP contribution is 2.32. The number of nitrogens with zero attached hydrogens (tertiary/aromatic N) is 1. The Morgan fingerprint density at radius 3 is 2.25 bits per heavy atom. The molecule has 12 heavy (non-hydrogen) atoms. The summed E-state index contributed by atoms with van der Waals surface area (Å²) in [6.45, 7) is -0.183. The molecule has 0 aliphatic rings. The summed E-state index contributed by atoms with van der Waals surface area (Å²) in [6.07, 6.45) is -4.73. The van der Waals surface area contributed by atoms with Crippen molar-refractivity contribution in [3.8, 4) is 0 Å². The van der Waals surface area contributed by atoms with Gasteiger partial charge in [0.25, 0.3) is 0 Å². The number of rotatable bonds is 1. The van der Waals surface area contributed by atoms with Crippen LogP contribution in [0.25, 0.3) is 0 Å². The zero-order chi connectivity index (χ0) is 9.35. The Bertz CT molecular complexity index is 279. The van der Waals surface area contributed by atoms with Crippen LogP contribution in [0.2, 0.25) is 0 Å².